The molecule has 3 unspecified atom stereocenters. The molecule has 4 saturated carbocycles. The van der Waals surface area contributed by atoms with Gasteiger partial charge >= 0.3 is 0 Å². The molecular weight excluding hydrogens is 316 g/mol. The average Bonchev–Trinajstić information content (AvgIpc) is 3.29. The molecule has 0 spiro atoms. The Hall–Kier alpha value is -0.300. The zero-order chi connectivity index (χ0) is 18.2. The van der Waals surface area contributed by atoms with Crippen LogP contribution in [0.2, 0.25) is 0 Å². The van der Waals surface area contributed by atoms with Crippen molar-refractivity contribution in [2.24, 2.45) is 46.3 Å². The van der Waals surface area contributed by atoms with Crippen molar-refractivity contribution in [3.8, 4) is 0 Å². The summed E-state index contributed by atoms with van der Waals surface area (Å²) >= 11 is 0. The molecule has 1 heteroatoms. The SMILES string of the molecule is C=C[C@]12CC[C@@H]3C(CC[C@@]4(C)C3CC[C@@H]4C3(C)CO3)[C@H]1CC[C@H](CC)C2. The molecule has 0 radical (unpaired) electrons. The zero-order valence-corrected chi connectivity index (χ0v) is 17.4. The molecule has 0 amide bonds. The summed E-state index contributed by atoms with van der Waals surface area (Å²) in [6.07, 6.45) is 17.0. The quantitative estimate of drug-likeness (QED) is 0.408. The molecule has 5 aliphatic rings. The summed E-state index contributed by atoms with van der Waals surface area (Å²) in [6, 6.07) is 0. The third kappa shape index (κ3) is 2.31. The average molecular weight is 357 g/mol. The minimum Gasteiger partial charge on any atom is -0.370 e. The Balaban J connectivity index is 1.41. The Morgan fingerprint density at radius 2 is 1.65 bits per heavy atom. The van der Waals surface area contributed by atoms with E-state index in [4.69, 9.17) is 4.74 Å². The molecule has 26 heavy (non-hydrogen) atoms. The van der Waals surface area contributed by atoms with Gasteiger partial charge in [-0.25, -0.2) is 0 Å². The van der Waals surface area contributed by atoms with Gasteiger partial charge in [0.25, 0.3) is 0 Å². The molecular formula is C25H40O. The first kappa shape index (κ1) is 17.8. The summed E-state index contributed by atoms with van der Waals surface area (Å²) in [4.78, 5) is 0. The van der Waals surface area contributed by atoms with Crippen LogP contribution in [0.4, 0.5) is 0 Å². The van der Waals surface area contributed by atoms with Crippen LogP contribution in [0.5, 0.6) is 0 Å². The third-order valence-electron chi connectivity index (χ3n) is 10.6. The maximum atomic E-state index is 5.96. The Morgan fingerprint density at radius 1 is 0.962 bits per heavy atom. The van der Waals surface area contributed by atoms with E-state index in [0.717, 1.165) is 42.1 Å². The van der Waals surface area contributed by atoms with Crippen molar-refractivity contribution in [3.63, 3.8) is 0 Å². The van der Waals surface area contributed by atoms with Gasteiger partial charge in [0.1, 0.15) is 0 Å². The second-order valence-corrected chi connectivity index (χ2v) is 11.3. The van der Waals surface area contributed by atoms with E-state index in [-0.39, 0.29) is 5.60 Å². The van der Waals surface area contributed by atoms with E-state index in [2.05, 4.69) is 33.4 Å². The summed E-state index contributed by atoms with van der Waals surface area (Å²) in [5.41, 5.74) is 1.27. The number of epoxide rings is 1. The predicted molar refractivity (Wildman–Crippen MR) is 108 cm³/mol. The van der Waals surface area contributed by atoms with E-state index in [1.165, 1.54) is 64.2 Å². The number of ether oxygens (including phenoxy) is 1. The van der Waals surface area contributed by atoms with E-state index in [9.17, 15) is 0 Å². The Morgan fingerprint density at radius 3 is 2.35 bits per heavy atom. The van der Waals surface area contributed by atoms with Gasteiger partial charge in [-0.15, -0.1) is 6.58 Å². The number of rotatable bonds is 3. The van der Waals surface area contributed by atoms with Crippen LogP contribution in [0, 0.1) is 46.3 Å². The van der Waals surface area contributed by atoms with Gasteiger partial charge in [0.05, 0.1) is 12.2 Å². The monoisotopic (exact) mass is 356 g/mol. The zero-order valence-electron chi connectivity index (χ0n) is 17.4. The first-order valence-corrected chi connectivity index (χ1v) is 11.7. The maximum absolute atomic E-state index is 5.96. The number of hydrogen-bond donors (Lipinski definition) is 0. The summed E-state index contributed by atoms with van der Waals surface area (Å²) in [5.74, 6) is 5.68. The van der Waals surface area contributed by atoms with Gasteiger partial charge < -0.3 is 4.74 Å². The molecule has 5 fully saturated rings. The molecule has 0 aromatic heterocycles. The highest BCUT2D eigenvalue weighted by Crippen LogP contribution is 2.69. The molecule has 4 aliphatic carbocycles. The summed E-state index contributed by atoms with van der Waals surface area (Å²) in [7, 11) is 0. The van der Waals surface area contributed by atoms with Gasteiger partial charge in [-0.2, -0.15) is 0 Å². The highest BCUT2D eigenvalue weighted by Gasteiger charge is 2.64. The van der Waals surface area contributed by atoms with Gasteiger partial charge in [0.2, 0.25) is 0 Å². The predicted octanol–water partition coefficient (Wildman–Crippen LogP) is 6.63. The van der Waals surface area contributed by atoms with Crippen molar-refractivity contribution < 1.29 is 4.74 Å². The second-order valence-electron chi connectivity index (χ2n) is 11.3. The van der Waals surface area contributed by atoms with E-state index in [0.29, 0.717) is 10.8 Å². The van der Waals surface area contributed by atoms with Crippen LogP contribution in [0.3, 0.4) is 0 Å². The van der Waals surface area contributed by atoms with E-state index < -0.39 is 0 Å². The molecule has 0 bridgehead atoms. The smallest absolute Gasteiger partial charge is 0.0921 e. The van der Waals surface area contributed by atoms with E-state index in [1.54, 1.807) is 0 Å². The lowest BCUT2D eigenvalue weighted by Crippen LogP contribution is -2.53. The highest BCUT2D eigenvalue weighted by molar-refractivity contribution is 5.15. The van der Waals surface area contributed by atoms with Crippen LogP contribution in [0.25, 0.3) is 0 Å². The molecule has 1 heterocycles. The lowest BCUT2D eigenvalue weighted by atomic mass is 9.44. The van der Waals surface area contributed by atoms with Gasteiger partial charge in [0.15, 0.2) is 0 Å². The van der Waals surface area contributed by atoms with Crippen LogP contribution in [-0.4, -0.2) is 12.2 Å². The summed E-state index contributed by atoms with van der Waals surface area (Å²) in [6.45, 7) is 12.9. The first-order chi connectivity index (χ1) is 12.5. The van der Waals surface area contributed by atoms with Crippen molar-refractivity contribution in [2.75, 3.05) is 6.61 Å². The minimum absolute atomic E-state index is 0.231. The van der Waals surface area contributed by atoms with Gasteiger partial charge in [-0.3, -0.25) is 0 Å². The molecule has 5 rings (SSSR count). The number of allylic oxidation sites excluding steroid dienone is 1. The van der Waals surface area contributed by atoms with Crippen LogP contribution in [-0.2, 0) is 4.74 Å². The molecule has 0 N–H and O–H groups in total. The minimum atomic E-state index is 0.231. The normalized spacial score (nSPS) is 58.4. The maximum Gasteiger partial charge on any atom is 0.0921 e. The Kier molecular flexibility index (Phi) is 4.00. The lowest BCUT2D eigenvalue weighted by molar-refractivity contribution is -0.0983. The van der Waals surface area contributed by atoms with Crippen LogP contribution >= 0.6 is 0 Å². The van der Waals surface area contributed by atoms with Crippen molar-refractivity contribution in [1.82, 2.24) is 0 Å². The highest BCUT2D eigenvalue weighted by atomic mass is 16.6. The van der Waals surface area contributed by atoms with Gasteiger partial charge in [-0.1, -0.05) is 32.8 Å². The van der Waals surface area contributed by atoms with Crippen LogP contribution in [0.15, 0.2) is 12.7 Å². The van der Waals surface area contributed by atoms with Crippen molar-refractivity contribution >= 4 is 0 Å². The molecule has 0 aromatic carbocycles. The second kappa shape index (κ2) is 5.85. The van der Waals surface area contributed by atoms with Crippen LogP contribution < -0.4 is 0 Å². The van der Waals surface area contributed by atoms with Crippen LogP contribution in [0.1, 0.15) is 85.0 Å². The first-order valence-electron chi connectivity index (χ1n) is 11.7. The van der Waals surface area contributed by atoms with Crippen molar-refractivity contribution in [1.29, 1.82) is 0 Å². The lowest BCUT2D eigenvalue weighted by Gasteiger charge is -2.60. The summed E-state index contributed by atoms with van der Waals surface area (Å²) < 4.78 is 5.96. The fraction of sp³-hybridized carbons (Fsp3) is 0.920. The largest absolute Gasteiger partial charge is 0.370 e. The topological polar surface area (TPSA) is 12.5 Å². The molecule has 1 aliphatic heterocycles. The fourth-order valence-electron chi connectivity index (χ4n) is 9.09. The molecule has 1 saturated heterocycles. The summed E-state index contributed by atoms with van der Waals surface area (Å²) in [5, 5.41) is 0. The standard InChI is InChI=1S/C25H40O/c1-5-17-7-8-21-19-11-13-23(3)20(9-10-22(23)24(4)16-26-24)18(19)12-14-25(21,6-2)15-17/h6,17-22H,2,5,7-16H2,1,3-4H3/t17-,18+,19?,20?,21+,22-,23-,24?,25+/m0/s1. The molecule has 146 valence electrons. The van der Waals surface area contributed by atoms with E-state index >= 15 is 0 Å². The van der Waals surface area contributed by atoms with Crippen molar-refractivity contribution in [3.05, 3.63) is 12.7 Å². The number of hydrogen-bond acceptors (Lipinski definition) is 1. The van der Waals surface area contributed by atoms with Gasteiger partial charge in [0, 0.05) is 0 Å². The molecule has 9 atom stereocenters. The Labute approximate surface area is 161 Å². The Bertz CT molecular complexity index is 577. The molecule has 1 nitrogen and oxygen atoms in total. The third-order valence-corrected chi connectivity index (χ3v) is 10.6. The van der Waals surface area contributed by atoms with Gasteiger partial charge in [-0.05, 0) is 105 Å². The van der Waals surface area contributed by atoms with E-state index in [1.807, 2.05) is 0 Å². The van der Waals surface area contributed by atoms with Crippen molar-refractivity contribution in [2.45, 2.75) is 90.6 Å². The molecule has 0 aromatic rings. The fourth-order valence-corrected chi connectivity index (χ4v) is 9.09. The number of fused-ring (bicyclic) bond motifs is 5.